The number of para-hydroxylation sites is 3. The summed E-state index contributed by atoms with van der Waals surface area (Å²) in [7, 11) is 0. The fourth-order valence-corrected chi connectivity index (χ4v) is 5.36. The van der Waals surface area contributed by atoms with Gasteiger partial charge in [0.25, 0.3) is 0 Å². The molecule has 0 amide bonds. The molecule has 106 valence electrons. The van der Waals surface area contributed by atoms with Crippen LogP contribution in [-0.4, -0.2) is 25.4 Å². The monoisotopic (exact) mass is 400 g/mol. The number of fused-ring (bicyclic) bond motifs is 1. The van der Waals surface area contributed by atoms with Crippen LogP contribution in [0.5, 0.6) is 0 Å². The number of nitrogens with zero attached hydrogens (tertiary/aromatic N) is 2. The summed E-state index contributed by atoms with van der Waals surface area (Å²) in [4.78, 5) is 7.20. The first-order chi connectivity index (χ1) is 10.9. The van der Waals surface area contributed by atoms with E-state index in [2.05, 4.69) is 89.8 Å². The zero-order valence-corrected chi connectivity index (χ0v) is 14.2. The van der Waals surface area contributed by atoms with Gasteiger partial charge in [0, 0.05) is 0 Å². The zero-order chi connectivity index (χ0) is 14.8. The molecule has 22 heavy (non-hydrogen) atoms. The molecule has 0 bridgehead atoms. The number of benzene rings is 3. The van der Waals surface area contributed by atoms with Gasteiger partial charge in [-0.2, -0.15) is 0 Å². The van der Waals surface area contributed by atoms with Crippen LogP contribution in [0.3, 0.4) is 0 Å². The van der Waals surface area contributed by atoms with Crippen molar-refractivity contribution < 1.29 is 0 Å². The van der Waals surface area contributed by atoms with E-state index in [0.717, 1.165) is 5.52 Å². The molecule has 3 heteroatoms. The molecule has 0 aliphatic rings. The Balaban J connectivity index is 1.90. The third kappa shape index (κ3) is 2.54. The molecule has 0 atom stereocenters. The van der Waals surface area contributed by atoms with E-state index in [0.29, 0.717) is 0 Å². The Kier molecular flexibility index (Phi) is 3.68. The first-order valence-electron chi connectivity index (χ1n) is 7.17. The summed E-state index contributed by atoms with van der Waals surface area (Å²) in [5, 5.41) is 0. The number of anilines is 3. The average Bonchev–Trinajstić information content (AvgIpc) is 3.00. The topological polar surface area (TPSA) is 16.1 Å². The first kappa shape index (κ1) is 13.6. The molecule has 0 aliphatic carbocycles. The van der Waals surface area contributed by atoms with Crippen molar-refractivity contribution in [1.82, 2.24) is 4.98 Å². The van der Waals surface area contributed by atoms with Crippen molar-refractivity contribution in [3.8, 4) is 0 Å². The molecule has 1 aromatic heterocycles. The standard InChI is InChI=1S/C19H14N2Te/c1-3-9-15(10-4-1)21(16-11-5-2-6-12-16)19-20-17-13-7-8-14-18(17)22-19/h1-14H. The third-order valence-electron chi connectivity index (χ3n) is 3.50. The summed E-state index contributed by atoms with van der Waals surface area (Å²) < 4.78 is 2.61. The Morgan fingerprint density at radius 2 is 1.18 bits per heavy atom. The van der Waals surface area contributed by atoms with Gasteiger partial charge in [-0.05, 0) is 0 Å². The molecular formula is C19H14N2Te. The van der Waals surface area contributed by atoms with Crippen molar-refractivity contribution in [1.29, 1.82) is 0 Å². The SMILES string of the molecule is c1ccc(N(c2ccccc2)c2nc3ccccc3[te]2)cc1. The summed E-state index contributed by atoms with van der Waals surface area (Å²) in [6.07, 6.45) is 0. The van der Waals surface area contributed by atoms with Gasteiger partial charge >= 0.3 is 139 Å². The van der Waals surface area contributed by atoms with E-state index in [4.69, 9.17) is 4.98 Å². The van der Waals surface area contributed by atoms with Gasteiger partial charge in [-0.1, -0.05) is 0 Å². The van der Waals surface area contributed by atoms with Gasteiger partial charge in [-0.3, -0.25) is 0 Å². The van der Waals surface area contributed by atoms with Gasteiger partial charge in [-0.15, -0.1) is 0 Å². The van der Waals surface area contributed by atoms with E-state index >= 15 is 0 Å². The minimum absolute atomic E-state index is 0.463. The van der Waals surface area contributed by atoms with Crippen LogP contribution in [0.25, 0.3) is 8.92 Å². The molecule has 0 saturated heterocycles. The second-order valence-corrected chi connectivity index (χ2v) is 7.85. The molecule has 1 heterocycles. The van der Waals surface area contributed by atoms with E-state index in [1.165, 1.54) is 18.6 Å². The Bertz CT molecular complexity index is 812. The van der Waals surface area contributed by atoms with Crippen LogP contribution in [-0.2, 0) is 0 Å². The van der Waals surface area contributed by atoms with E-state index in [1.807, 2.05) is 0 Å². The van der Waals surface area contributed by atoms with Crippen molar-refractivity contribution >= 4 is 44.6 Å². The number of rotatable bonds is 3. The van der Waals surface area contributed by atoms with Crippen LogP contribution in [0.1, 0.15) is 0 Å². The second-order valence-electron chi connectivity index (χ2n) is 4.97. The van der Waals surface area contributed by atoms with Crippen LogP contribution in [0.2, 0.25) is 0 Å². The third-order valence-corrected chi connectivity index (χ3v) is 6.42. The Hall–Kier alpha value is -2.08. The molecule has 2 nitrogen and oxygen atoms in total. The fourth-order valence-electron chi connectivity index (χ4n) is 2.48. The Labute approximate surface area is 139 Å². The predicted octanol–water partition coefficient (Wildman–Crippen LogP) is 4.76. The van der Waals surface area contributed by atoms with Gasteiger partial charge in [0.1, 0.15) is 0 Å². The number of hydrogen-bond donors (Lipinski definition) is 0. The second kappa shape index (κ2) is 5.96. The fraction of sp³-hybridized carbons (Fsp3) is 0. The molecule has 4 rings (SSSR count). The number of aromatic nitrogens is 1. The zero-order valence-electron chi connectivity index (χ0n) is 11.9. The van der Waals surface area contributed by atoms with Crippen molar-refractivity contribution in [2.45, 2.75) is 0 Å². The summed E-state index contributed by atoms with van der Waals surface area (Å²) >= 11 is -0.463. The first-order valence-corrected chi connectivity index (χ1v) is 9.51. The molecule has 0 saturated carbocycles. The Morgan fingerprint density at radius 3 is 1.77 bits per heavy atom. The van der Waals surface area contributed by atoms with Crippen molar-refractivity contribution in [3.05, 3.63) is 84.9 Å². The Morgan fingerprint density at radius 1 is 0.636 bits per heavy atom. The molecule has 0 aliphatic heterocycles. The molecule has 0 fully saturated rings. The molecule has 0 N–H and O–H groups in total. The maximum atomic E-state index is 4.91. The van der Waals surface area contributed by atoms with Crippen molar-refractivity contribution in [2.24, 2.45) is 0 Å². The van der Waals surface area contributed by atoms with E-state index in [9.17, 15) is 0 Å². The van der Waals surface area contributed by atoms with Crippen LogP contribution in [0.15, 0.2) is 84.9 Å². The van der Waals surface area contributed by atoms with Gasteiger partial charge in [-0.25, -0.2) is 0 Å². The number of hydrogen-bond acceptors (Lipinski definition) is 2. The van der Waals surface area contributed by atoms with Crippen LogP contribution in [0, 0.1) is 0 Å². The average molecular weight is 398 g/mol. The van der Waals surface area contributed by atoms with Gasteiger partial charge in [0.2, 0.25) is 0 Å². The van der Waals surface area contributed by atoms with Crippen LogP contribution >= 0.6 is 0 Å². The predicted molar refractivity (Wildman–Crippen MR) is 93.4 cm³/mol. The van der Waals surface area contributed by atoms with Gasteiger partial charge < -0.3 is 0 Å². The molecule has 0 radical (unpaired) electrons. The van der Waals surface area contributed by atoms with Gasteiger partial charge in [0.05, 0.1) is 0 Å². The molecular weight excluding hydrogens is 384 g/mol. The summed E-state index contributed by atoms with van der Waals surface area (Å²) in [6, 6.07) is 29.5. The summed E-state index contributed by atoms with van der Waals surface area (Å²) in [5.41, 5.74) is 3.48. The quantitative estimate of drug-likeness (QED) is 0.463. The normalized spacial score (nSPS) is 10.7. The molecule has 0 unspecified atom stereocenters. The summed E-state index contributed by atoms with van der Waals surface area (Å²) in [5.74, 6) is 0. The minimum atomic E-state index is -0.463. The van der Waals surface area contributed by atoms with E-state index in [1.54, 1.807) is 0 Å². The van der Waals surface area contributed by atoms with Crippen LogP contribution < -0.4 is 4.90 Å². The van der Waals surface area contributed by atoms with Crippen LogP contribution in [0.4, 0.5) is 15.2 Å². The van der Waals surface area contributed by atoms with Crippen molar-refractivity contribution in [2.75, 3.05) is 4.90 Å². The molecule has 4 aromatic rings. The van der Waals surface area contributed by atoms with Crippen molar-refractivity contribution in [3.63, 3.8) is 0 Å². The van der Waals surface area contributed by atoms with E-state index in [-0.39, 0.29) is 0 Å². The summed E-state index contributed by atoms with van der Waals surface area (Å²) in [6.45, 7) is 0. The van der Waals surface area contributed by atoms with E-state index < -0.39 is 20.4 Å². The molecule has 3 aromatic carbocycles. The maximum absolute atomic E-state index is 4.91. The van der Waals surface area contributed by atoms with Gasteiger partial charge in [0.15, 0.2) is 0 Å². The molecule has 0 spiro atoms.